The first kappa shape index (κ1) is 17.4. The van der Waals surface area contributed by atoms with Crippen LogP contribution in [0.15, 0.2) is 17.5 Å². The molecule has 0 spiro atoms. The lowest BCUT2D eigenvalue weighted by Crippen LogP contribution is -2.52. The molecular formula is C18H27N3O2S. The number of nitrogens with one attached hydrogen (secondary N) is 1. The van der Waals surface area contributed by atoms with E-state index in [1.807, 2.05) is 16.3 Å². The van der Waals surface area contributed by atoms with Crippen molar-refractivity contribution in [2.24, 2.45) is 0 Å². The monoisotopic (exact) mass is 349 g/mol. The first-order valence-corrected chi connectivity index (χ1v) is 9.90. The Labute approximate surface area is 148 Å². The van der Waals surface area contributed by atoms with E-state index >= 15 is 0 Å². The van der Waals surface area contributed by atoms with Gasteiger partial charge in [0.1, 0.15) is 6.04 Å². The summed E-state index contributed by atoms with van der Waals surface area (Å²) in [7, 11) is 0. The van der Waals surface area contributed by atoms with Crippen LogP contribution < -0.4 is 5.32 Å². The van der Waals surface area contributed by atoms with E-state index < -0.39 is 6.04 Å². The van der Waals surface area contributed by atoms with E-state index in [2.05, 4.69) is 10.2 Å². The number of carbonyl (C=O) groups is 2. The molecule has 132 valence electrons. The van der Waals surface area contributed by atoms with Crippen molar-refractivity contribution in [1.82, 2.24) is 15.1 Å². The second-order valence-electron chi connectivity index (χ2n) is 6.83. The van der Waals surface area contributed by atoms with E-state index in [-0.39, 0.29) is 11.8 Å². The highest BCUT2D eigenvalue weighted by Gasteiger charge is 2.30. The fourth-order valence-electron chi connectivity index (χ4n) is 3.75. The average Bonchev–Trinajstić information content (AvgIpc) is 3.17. The second kappa shape index (κ2) is 8.12. The summed E-state index contributed by atoms with van der Waals surface area (Å²) in [5.74, 6) is -0.119. The Morgan fingerprint density at radius 3 is 2.50 bits per heavy atom. The maximum Gasteiger partial charge on any atom is 0.261 e. The van der Waals surface area contributed by atoms with Crippen LogP contribution in [0.5, 0.6) is 0 Å². The first-order valence-electron chi connectivity index (χ1n) is 9.02. The zero-order chi connectivity index (χ0) is 16.9. The number of hydrogen-bond acceptors (Lipinski definition) is 4. The molecule has 2 amide bonds. The molecule has 1 atom stereocenters. The van der Waals surface area contributed by atoms with Gasteiger partial charge in [-0.15, -0.1) is 11.3 Å². The lowest BCUT2D eigenvalue weighted by Gasteiger charge is -2.40. The lowest BCUT2D eigenvalue weighted by atomic mass is 9.99. The highest BCUT2D eigenvalue weighted by atomic mass is 32.1. The molecule has 0 aliphatic carbocycles. The van der Waals surface area contributed by atoms with Crippen molar-refractivity contribution in [1.29, 1.82) is 0 Å². The zero-order valence-corrected chi connectivity index (χ0v) is 15.2. The summed E-state index contributed by atoms with van der Waals surface area (Å²) in [6.07, 6.45) is 6.08. The van der Waals surface area contributed by atoms with Crippen molar-refractivity contribution in [3.8, 4) is 0 Å². The Morgan fingerprint density at radius 2 is 1.88 bits per heavy atom. The van der Waals surface area contributed by atoms with Crippen molar-refractivity contribution in [2.45, 2.75) is 51.1 Å². The van der Waals surface area contributed by atoms with Gasteiger partial charge in [-0.2, -0.15) is 0 Å². The van der Waals surface area contributed by atoms with Gasteiger partial charge in [-0.25, -0.2) is 0 Å². The summed E-state index contributed by atoms with van der Waals surface area (Å²) in [6.45, 7) is 5.82. The summed E-state index contributed by atoms with van der Waals surface area (Å²) in [5.41, 5.74) is 0. The predicted octanol–water partition coefficient (Wildman–Crippen LogP) is 2.34. The van der Waals surface area contributed by atoms with Gasteiger partial charge in [0.2, 0.25) is 5.91 Å². The molecule has 1 aromatic heterocycles. The Balaban J connectivity index is 1.46. The number of likely N-dealkylation sites (tertiary alicyclic amines) is 2. The van der Waals surface area contributed by atoms with Gasteiger partial charge in [-0.05, 0) is 57.1 Å². The molecule has 0 unspecified atom stereocenters. The molecule has 2 aliphatic rings. The standard InChI is InChI=1S/C18H27N3O2S/c1-14(19-17(22)16-6-5-13-24-16)18(23)21-11-7-15(8-12-21)20-9-3-2-4-10-20/h5-6,13-15H,2-4,7-12H2,1H3,(H,19,22)/t14-/m0/s1. The number of amides is 2. The van der Waals surface area contributed by atoms with Gasteiger partial charge in [-0.3, -0.25) is 9.59 Å². The SMILES string of the molecule is C[C@H](NC(=O)c1cccs1)C(=O)N1CCC(N2CCCCC2)CC1. The van der Waals surface area contributed by atoms with Crippen molar-refractivity contribution >= 4 is 23.2 Å². The second-order valence-corrected chi connectivity index (χ2v) is 7.77. The predicted molar refractivity (Wildman–Crippen MR) is 96.3 cm³/mol. The van der Waals surface area contributed by atoms with Crippen LogP contribution in [-0.4, -0.2) is 59.9 Å². The zero-order valence-electron chi connectivity index (χ0n) is 14.4. The Bertz CT molecular complexity index is 547. The van der Waals surface area contributed by atoms with Crippen LogP contribution in [0.25, 0.3) is 0 Å². The molecule has 0 bridgehead atoms. The molecular weight excluding hydrogens is 322 g/mol. The number of hydrogen-bond donors (Lipinski definition) is 1. The minimum absolute atomic E-state index is 0.0389. The highest BCUT2D eigenvalue weighted by Crippen LogP contribution is 2.21. The summed E-state index contributed by atoms with van der Waals surface area (Å²) >= 11 is 1.39. The molecule has 3 heterocycles. The summed E-state index contributed by atoms with van der Waals surface area (Å²) < 4.78 is 0. The molecule has 1 aromatic rings. The van der Waals surface area contributed by atoms with Gasteiger partial charge >= 0.3 is 0 Å². The summed E-state index contributed by atoms with van der Waals surface area (Å²) in [4.78, 5) is 29.8. The summed E-state index contributed by atoms with van der Waals surface area (Å²) in [5, 5.41) is 4.69. The van der Waals surface area contributed by atoms with Crippen molar-refractivity contribution in [3.63, 3.8) is 0 Å². The molecule has 0 aromatic carbocycles. The van der Waals surface area contributed by atoms with Crippen LogP contribution in [0.2, 0.25) is 0 Å². The quantitative estimate of drug-likeness (QED) is 0.908. The Morgan fingerprint density at radius 1 is 1.17 bits per heavy atom. The van der Waals surface area contributed by atoms with Gasteiger partial charge < -0.3 is 15.1 Å². The maximum atomic E-state index is 12.6. The summed E-state index contributed by atoms with van der Waals surface area (Å²) in [6, 6.07) is 3.79. The van der Waals surface area contributed by atoms with E-state index in [0.717, 1.165) is 25.9 Å². The third kappa shape index (κ3) is 4.16. The Hall–Kier alpha value is -1.40. The fraction of sp³-hybridized carbons (Fsp3) is 0.667. The minimum atomic E-state index is -0.467. The van der Waals surface area contributed by atoms with Gasteiger partial charge in [0.25, 0.3) is 5.91 Å². The first-order chi connectivity index (χ1) is 11.6. The maximum absolute atomic E-state index is 12.6. The normalized spacial score (nSPS) is 21.5. The molecule has 2 fully saturated rings. The topological polar surface area (TPSA) is 52.7 Å². The smallest absolute Gasteiger partial charge is 0.261 e. The third-order valence-electron chi connectivity index (χ3n) is 5.15. The molecule has 3 rings (SSSR count). The number of nitrogens with zero attached hydrogens (tertiary/aromatic N) is 2. The van der Waals surface area contributed by atoms with Crippen LogP contribution in [-0.2, 0) is 4.79 Å². The number of carbonyl (C=O) groups excluding carboxylic acids is 2. The number of thiophene rings is 1. The van der Waals surface area contributed by atoms with Gasteiger partial charge in [0.05, 0.1) is 4.88 Å². The van der Waals surface area contributed by atoms with Crippen LogP contribution in [0.1, 0.15) is 48.7 Å². The van der Waals surface area contributed by atoms with E-state index in [1.165, 1.54) is 43.7 Å². The van der Waals surface area contributed by atoms with Crippen LogP contribution >= 0.6 is 11.3 Å². The number of piperidine rings is 2. The molecule has 6 heteroatoms. The van der Waals surface area contributed by atoms with Gasteiger partial charge in [0.15, 0.2) is 0 Å². The third-order valence-corrected chi connectivity index (χ3v) is 6.01. The largest absolute Gasteiger partial charge is 0.341 e. The molecule has 2 saturated heterocycles. The van der Waals surface area contributed by atoms with Gasteiger partial charge in [-0.1, -0.05) is 12.5 Å². The van der Waals surface area contributed by atoms with E-state index in [0.29, 0.717) is 10.9 Å². The highest BCUT2D eigenvalue weighted by molar-refractivity contribution is 7.12. The van der Waals surface area contributed by atoms with Crippen LogP contribution in [0, 0.1) is 0 Å². The fourth-order valence-corrected chi connectivity index (χ4v) is 4.37. The van der Waals surface area contributed by atoms with Crippen molar-refractivity contribution in [2.75, 3.05) is 26.2 Å². The van der Waals surface area contributed by atoms with Gasteiger partial charge in [0, 0.05) is 19.1 Å². The van der Waals surface area contributed by atoms with E-state index in [4.69, 9.17) is 0 Å². The number of rotatable bonds is 4. The molecule has 5 nitrogen and oxygen atoms in total. The minimum Gasteiger partial charge on any atom is -0.341 e. The van der Waals surface area contributed by atoms with Crippen LogP contribution in [0.3, 0.4) is 0 Å². The van der Waals surface area contributed by atoms with Crippen molar-refractivity contribution in [3.05, 3.63) is 22.4 Å². The van der Waals surface area contributed by atoms with E-state index in [9.17, 15) is 9.59 Å². The molecule has 24 heavy (non-hydrogen) atoms. The lowest BCUT2D eigenvalue weighted by molar-refractivity contribution is -0.134. The average molecular weight is 350 g/mol. The van der Waals surface area contributed by atoms with Crippen molar-refractivity contribution < 1.29 is 9.59 Å². The van der Waals surface area contributed by atoms with E-state index in [1.54, 1.807) is 13.0 Å². The van der Waals surface area contributed by atoms with Crippen LogP contribution in [0.4, 0.5) is 0 Å². The molecule has 1 N–H and O–H groups in total. The Kier molecular flexibility index (Phi) is 5.89. The molecule has 0 saturated carbocycles. The molecule has 2 aliphatic heterocycles. The molecule has 0 radical (unpaired) electrons.